The van der Waals surface area contributed by atoms with Gasteiger partial charge in [-0.1, -0.05) is 6.42 Å². The first-order chi connectivity index (χ1) is 20.1. The average Bonchev–Trinajstić information content (AvgIpc) is 2.97. The standard InChI is InChI=1S/C31H40N6O4/c1-22-18-24(6-7-28(22)41-25-8-11-37(12-9-25)31(38)23-4-2-5-23)35-30-26-19-29(32-20-27(26)33-21-34-30)40-15-3-10-36-13-16-39-17-14-36/h6-7,18-21,23,25H,2-5,8-17H2,1H3,(H,33,34,35). The van der Waals surface area contributed by atoms with E-state index in [9.17, 15) is 4.79 Å². The molecule has 1 N–H and O–H groups in total. The Morgan fingerprint density at radius 3 is 2.63 bits per heavy atom. The van der Waals surface area contributed by atoms with Gasteiger partial charge in [0.1, 0.15) is 24.0 Å². The number of aromatic nitrogens is 3. The maximum absolute atomic E-state index is 12.6. The molecule has 218 valence electrons. The van der Waals surface area contributed by atoms with Crippen LogP contribution in [0.15, 0.2) is 36.8 Å². The number of pyridine rings is 1. The van der Waals surface area contributed by atoms with Gasteiger partial charge in [-0.25, -0.2) is 15.0 Å². The number of anilines is 2. The van der Waals surface area contributed by atoms with Crippen LogP contribution in [0.3, 0.4) is 0 Å². The molecule has 3 aliphatic rings. The molecule has 4 heterocycles. The fraction of sp³-hybridized carbons (Fsp3) is 0.548. The molecule has 2 saturated heterocycles. The molecule has 0 atom stereocenters. The summed E-state index contributed by atoms with van der Waals surface area (Å²) in [7, 11) is 0. The van der Waals surface area contributed by atoms with E-state index in [2.05, 4.69) is 38.2 Å². The quantitative estimate of drug-likeness (QED) is 0.363. The number of amides is 1. The summed E-state index contributed by atoms with van der Waals surface area (Å²) in [5.74, 6) is 2.76. The molecule has 0 unspecified atom stereocenters. The van der Waals surface area contributed by atoms with Crippen LogP contribution in [0.2, 0.25) is 0 Å². The Labute approximate surface area is 241 Å². The number of hydrogen-bond donors (Lipinski definition) is 1. The van der Waals surface area contributed by atoms with Gasteiger partial charge in [0.25, 0.3) is 0 Å². The maximum atomic E-state index is 12.6. The van der Waals surface area contributed by atoms with E-state index in [1.807, 2.05) is 23.1 Å². The SMILES string of the molecule is Cc1cc(Nc2ncnc3cnc(OCCCN4CCOCC4)cc23)ccc1OC1CCN(C(=O)C2CCC2)CC1. The minimum Gasteiger partial charge on any atom is -0.490 e. The summed E-state index contributed by atoms with van der Waals surface area (Å²) < 4.78 is 17.7. The summed E-state index contributed by atoms with van der Waals surface area (Å²) in [4.78, 5) is 30.3. The number of carbonyl (C=O) groups excluding carboxylic acids is 1. The van der Waals surface area contributed by atoms with Crippen LogP contribution in [0.5, 0.6) is 11.6 Å². The van der Waals surface area contributed by atoms with Crippen molar-refractivity contribution in [1.82, 2.24) is 24.8 Å². The lowest BCUT2D eigenvalue weighted by Gasteiger charge is -2.36. The van der Waals surface area contributed by atoms with Crippen LogP contribution in [0.25, 0.3) is 10.9 Å². The van der Waals surface area contributed by atoms with Gasteiger partial charge >= 0.3 is 0 Å². The Morgan fingerprint density at radius 2 is 1.88 bits per heavy atom. The highest BCUT2D eigenvalue weighted by molar-refractivity contribution is 5.90. The van der Waals surface area contributed by atoms with Crippen LogP contribution in [-0.4, -0.2) is 89.3 Å². The van der Waals surface area contributed by atoms with E-state index in [1.54, 1.807) is 12.5 Å². The Bertz CT molecular complexity index is 1340. The van der Waals surface area contributed by atoms with Gasteiger partial charge < -0.3 is 24.4 Å². The van der Waals surface area contributed by atoms with E-state index < -0.39 is 0 Å². The molecule has 0 radical (unpaired) electrons. The summed E-state index contributed by atoms with van der Waals surface area (Å²) in [6, 6.07) is 7.99. The number of fused-ring (bicyclic) bond motifs is 1. The number of morpholine rings is 1. The molecule has 0 bridgehead atoms. The largest absolute Gasteiger partial charge is 0.490 e. The van der Waals surface area contributed by atoms with E-state index in [0.717, 1.165) is 106 Å². The first-order valence-corrected chi connectivity index (χ1v) is 15.0. The number of nitrogens with one attached hydrogen (secondary N) is 1. The second-order valence-electron chi connectivity index (χ2n) is 11.3. The number of benzene rings is 1. The zero-order chi connectivity index (χ0) is 28.0. The number of carbonyl (C=O) groups is 1. The van der Waals surface area contributed by atoms with Gasteiger partial charge in [0.15, 0.2) is 0 Å². The zero-order valence-electron chi connectivity index (χ0n) is 23.9. The average molecular weight is 561 g/mol. The molecule has 10 nitrogen and oxygen atoms in total. The van der Waals surface area contributed by atoms with Gasteiger partial charge in [0.2, 0.25) is 11.8 Å². The minimum absolute atomic E-state index is 0.128. The second-order valence-corrected chi connectivity index (χ2v) is 11.3. The molecule has 10 heteroatoms. The van der Waals surface area contributed by atoms with E-state index in [0.29, 0.717) is 24.2 Å². The van der Waals surface area contributed by atoms with E-state index in [4.69, 9.17) is 14.2 Å². The summed E-state index contributed by atoms with van der Waals surface area (Å²) in [5.41, 5.74) is 2.72. The van der Waals surface area contributed by atoms with Crippen molar-refractivity contribution in [3.63, 3.8) is 0 Å². The van der Waals surface area contributed by atoms with Crippen LogP contribution in [0.4, 0.5) is 11.5 Å². The normalized spacial score (nSPS) is 18.7. The molecule has 2 aromatic heterocycles. The Kier molecular flexibility index (Phi) is 8.77. The molecule has 1 amide bonds. The number of rotatable bonds is 10. The molecule has 1 saturated carbocycles. The molecule has 41 heavy (non-hydrogen) atoms. The number of nitrogens with zero attached hydrogens (tertiary/aromatic N) is 5. The smallest absolute Gasteiger partial charge is 0.225 e. The fourth-order valence-corrected chi connectivity index (χ4v) is 5.69. The predicted molar refractivity (Wildman–Crippen MR) is 157 cm³/mol. The first-order valence-electron chi connectivity index (χ1n) is 15.0. The summed E-state index contributed by atoms with van der Waals surface area (Å²) in [5, 5.41) is 4.30. The van der Waals surface area contributed by atoms with E-state index in [-0.39, 0.29) is 12.0 Å². The van der Waals surface area contributed by atoms with Crippen molar-refractivity contribution >= 4 is 28.3 Å². The van der Waals surface area contributed by atoms with Crippen molar-refractivity contribution in [1.29, 1.82) is 0 Å². The molecule has 1 aromatic carbocycles. The Hall–Kier alpha value is -3.50. The third kappa shape index (κ3) is 6.87. The number of aryl methyl sites for hydroxylation is 1. The van der Waals surface area contributed by atoms with Gasteiger partial charge in [-0.2, -0.15) is 0 Å². The zero-order valence-corrected chi connectivity index (χ0v) is 23.9. The van der Waals surface area contributed by atoms with Crippen LogP contribution in [0.1, 0.15) is 44.1 Å². The van der Waals surface area contributed by atoms with Crippen molar-refractivity contribution in [2.24, 2.45) is 5.92 Å². The summed E-state index contributed by atoms with van der Waals surface area (Å²) >= 11 is 0. The lowest BCUT2D eigenvalue weighted by molar-refractivity contribution is -0.140. The lowest BCUT2D eigenvalue weighted by atomic mass is 9.84. The highest BCUT2D eigenvalue weighted by Crippen LogP contribution is 2.31. The molecule has 6 rings (SSSR count). The molecule has 0 spiro atoms. The molecular weight excluding hydrogens is 520 g/mol. The number of piperidine rings is 1. The van der Waals surface area contributed by atoms with Crippen LogP contribution >= 0.6 is 0 Å². The highest BCUT2D eigenvalue weighted by atomic mass is 16.5. The first kappa shape index (κ1) is 27.7. The Balaban J connectivity index is 1.04. The summed E-state index contributed by atoms with van der Waals surface area (Å²) in [6.07, 6.45) is 9.38. The number of hydrogen-bond acceptors (Lipinski definition) is 9. The predicted octanol–water partition coefficient (Wildman–Crippen LogP) is 4.35. The fourth-order valence-electron chi connectivity index (χ4n) is 5.69. The maximum Gasteiger partial charge on any atom is 0.225 e. The lowest BCUT2D eigenvalue weighted by Crippen LogP contribution is -2.45. The van der Waals surface area contributed by atoms with Gasteiger partial charge in [-0.3, -0.25) is 9.69 Å². The third-order valence-corrected chi connectivity index (χ3v) is 8.41. The minimum atomic E-state index is 0.128. The van der Waals surface area contributed by atoms with Crippen molar-refractivity contribution < 1.29 is 19.0 Å². The van der Waals surface area contributed by atoms with Crippen molar-refractivity contribution in [2.45, 2.75) is 51.6 Å². The summed E-state index contributed by atoms with van der Waals surface area (Å²) in [6.45, 7) is 8.79. The third-order valence-electron chi connectivity index (χ3n) is 8.41. The molecule has 2 aliphatic heterocycles. The van der Waals surface area contributed by atoms with Gasteiger partial charge in [0.05, 0.1) is 31.5 Å². The topological polar surface area (TPSA) is 102 Å². The van der Waals surface area contributed by atoms with Crippen molar-refractivity contribution in [3.8, 4) is 11.6 Å². The van der Waals surface area contributed by atoms with Crippen LogP contribution in [-0.2, 0) is 9.53 Å². The van der Waals surface area contributed by atoms with Crippen molar-refractivity contribution in [2.75, 3.05) is 57.9 Å². The molecular formula is C31H40N6O4. The monoisotopic (exact) mass is 560 g/mol. The van der Waals surface area contributed by atoms with Gasteiger partial charge in [0, 0.05) is 68.6 Å². The number of likely N-dealkylation sites (tertiary alicyclic amines) is 1. The second kappa shape index (κ2) is 13.0. The van der Waals surface area contributed by atoms with E-state index in [1.165, 1.54) is 6.42 Å². The van der Waals surface area contributed by atoms with Gasteiger partial charge in [-0.15, -0.1) is 0 Å². The molecule has 3 aromatic rings. The van der Waals surface area contributed by atoms with Crippen LogP contribution < -0.4 is 14.8 Å². The molecule has 3 fully saturated rings. The van der Waals surface area contributed by atoms with Crippen LogP contribution in [0, 0.1) is 12.8 Å². The van der Waals surface area contributed by atoms with Crippen molar-refractivity contribution in [3.05, 3.63) is 42.4 Å². The Morgan fingerprint density at radius 1 is 1.05 bits per heavy atom. The molecule has 1 aliphatic carbocycles. The number of ether oxygens (including phenoxy) is 3. The van der Waals surface area contributed by atoms with E-state index >= 15 is 0 Å². The van der Waals surface area contributed by atoms with Gasteiger partial charge in [-0.05, 0) is 49.9 Å². The highest BCUT2D eigenvalue weighted by Gasteiger charge is 2.32.